The van der Waals surface area contributed by atoms with Crippen LogP contribution in [0.5, 0.6) is 0 Å². The minimum atomic E-state index is -0.505. The minimum absolute atomic E-state index is 0.0355. The van der Waals surface area contributed by atoms with E-state index in [1.54, 1.807) is 35.0 Å². The zero-order valence-electron chi connectivity index (χ0n) is 17.5. The Morgan fingerprint density at radius 1 is 0.939 bits per heavy atom. The Bertz CT molecular complexity index is 1400. The first-order valence-electron chi connectivity index (χ1n) is 10.1. The van der Waals surface area contributed by atoms with E-state index in [2.05, 4.69) is 26.6 Å². The molecule has 0 saturated heterocycles. The van der Waals surface area contributed by atoms with E-state index in [9.17, 15) is 14.9 Å². The topological polar surface area (TPSA) is 86.9 Å². The largest absolute Gasteiger partial charge is 0.337 e. The van der Waals surface area contributed by atoms with Gasteiger partial charge in [-0.05, 0) is 42.5 Å². The van der Waals surface area contributed by atoms with E-state index < -0.39 is 5.91 Å². The molecule has 3 aromatic carbocycles. The van der Waals surface area contributed by atoms with Gasteiger partial charge in [0.05, 0.1) is 0 Å². The third-order valence-corrected chi connectivity index (χ3v) is 5.43. The number of nitrogens with one attached hydrogen (secondary N) is 2. The molecule has 4 rings (SSSR count). The second-order valence-electron chi connectivity index (χ2n) is 7.28. The normalized spacial score (nSPS) is 11.1. The molecule has 0 aliphatic rings. The highest BCUT2D eigenvalue weighted by Crippen LogP contribution is 2.24. The van der Waals surface area contributed by atoms with Gasteiger partial charge in [0.15, 0.2) is 0 Å². The van der Waals surface area contributed by atoms with E-state index in [-0.39, 0.29) is 18.0 Å². The van der Waals surface area contributed by atoms with Crippen LogP contribution >= 0.6 is 15.9 Å². The monoisotopic (exact) mass is 498 g/mol. The number of amides is 2. The molecule has 7 heteroatoms. The van der Waals surface area contributed by atoms with Crippen LogP contribution in [0.3, 0.4) is 0 Å². The van der Waals surface area contributed by atoms with Crippen LogP contribution in [-0.2, 0) is 16.1 Å². The van der Waals surface area contributed by atoms with Crippen LogP contribution in [0.1, 0.15) is 5.56 Å². The van der Waals surface area contributed by atoms with Crippen LogP contribution in [0.25, 0.3) is 17.0 Å². The molecule has 1 heterocycles. The lowest BCUT2D eigenvalue weighted by Gasteiger charge is -2.07. The number of nitrogens with zero attached hydrogens (tertiary/aromatic N) is 2. The van der Waals surface area contributed by atoms with Crippen molar-refractivity contribution in [1.29, 1.82) is 5.26 Å². The summed E-state index contributed by atoms with van der Waals surface area (Å²) in [6.07, 6.45) is 3.32. The van der Waals surface area contributed by atoms with Gasteiger partial charge in [-0.3, -0.25) is 9.59 Å². The average molecular weight is 499 g/mol. The van der Waals surface area contributed by atoms with Crippen molar-refractivity contribution in [3.8, 4) is 6.07 Å². The zero-order valence-corrected chi connectivity index (χ0v) is 19.0. The van der Waals surface area contributed by atoms with Gasteiger partial charge < -0.3 is 15.2 Å². The molecule has 1 aromatic heterocycles. The molecule has 0 fully saturated rings. The summed E-state index contributed by atoms with van der Waals surface area (Å²) >= 11 is 3.36. The van der Waals surface area contributed by atoms with E-state index >= 15 is 0 Å². The van der Waals surface area contributed by atoms with Crippen molar-refractivity contribution >= 4 is 56.1 Å². The van der Waals surface area contributed by atoms with Crippen molar-refractivity contribution in [3.63, 3.8) is 0 Å². The molecular formula is C26H19BrN4O2. The van der Waals surface area contributed by atoms with Crippen LogP contribution in [-0.4, -0.2) is 16.4 Å². The number of hydrogen-bond acceptors (Lipinski definition) is 3. The second kappa shape index (κ2) is 9.98. The Balaban J connectivity index is 1.60. The summed E-state index contributed by atoms with van der Waals surface area (Å²) in [4.78, 5) is 25.3. The number of aromatic nitrogens is 1. The highest BCUT2D eigenvalue weighted by atomic mass is 79.9. The third kappa shape index (κ3) is 5.37. The molecule has 162 valence electrons. The van der Waals surface area contributed by atoms with Gasteiger partial charge in [0.25, 0.3) is 5.91 Å². The lowest BCUT2D eigenvalue weighted by atomic mass is 10.1. The molecule has 2 amide bonds. The van der Waals surface area contributed by atoms with Crippen molar-refractivity contribution < 1.29 is 9.59 Å². The SMILES string of the molecule is N#C/C(=C\c1cn(CC(=O)Nc2ccccc2)c2ccccc12)C(=O)Nc1cccc(Br)c1. The number of carbonyl (C=O) groups is 2. The molecule has 0 aliphatic heterocycles. The predicted octanol–water partition coefficient (Wildman–Crippen LogP) is 5.59. The van der Waals surface area contributed by atoms with E-state index in [1.165, 1.54) is 0 Å². The first-order valence-corrected chi connectivity index (χ1v) is 10.9. The van der Waals surface area contributed by atoms with E-state index in [0.717, 1.165) is 21.1 Å². The highest BCUT2D eigenvalue weighted by molar-refractivity contribution is 9.10. The zero-order chi connectivity index (χ0) is 23.2. The lowest BCUT2D eigenvalue weighted by Crippen LogP contribution is -2.18. The molecular weight excluding hydrogens is 480 g/mol. The molecule has 0 spiro atoms. The van der Waals surface area contributed by atoms with Crippen LogP contribution in [0.15, 0.2) is 95.1 Å². The molecule has 4 aromatic rings. The van der Waals surface area contributed by atoms with Gasteiger partial charge >= 0.3 is 0 Å². The Labute approximate surface area is 199 Å². The molecule has 0 radical (unpaired) electrons. The number of carbonyl (C=O) groups excluding carboxylic acids is 2. The summed E-state index contributed by atoms with van der Waals surface area (Å²) in [5, 5.41) is 16.1. The second-order valence-corrected chi connectivity index (χ2v) is 8.19. The molecule has 33 heavy (non-hydrogen) atoms. The van der Waals surface area contributed by atoms with Crippen LogP contribution in [0.2, 0.25) is 0 Å². The molecule has 2 N–H and O–H groups in total. The quantitative estimate of drug-likeness (QED) is 0.268. The van der Waals surface area contributed by atoms with Crippen molar-refractivity contribution in [2.75, 3.05) is 10.6 Å². The van der Waals surface area contributed by atoms with Gasteiger partial charge in [-0.25, -0.2) is 0 Å². The summed E-state index contributed by atoms with van der Waals surface area (Å²) < 4.78 is 2.63. The summed E-state index contributed by atoms with van der Waals surface area (Å²) in [6.45, 7) is 0.0926. The Morgan fingerprint density at radius 3 is 2.42 bits per heavy atom. The van der Waals surface area contributed by atoms with E-state index in [4.69, 9.17) is 0 Å². The van der Waals surface area contributed by atoms with Gasteiger partial charge in [0, 0.05) is 38.5 Å². The number of para-hydroxylation sites is 2. The smallest absolute Gasteiger partial charge is 0.266 e. The molecule has 0 saturated carbocycles. The molecule has 0 bridgehead atoms. The number of fused-ring (bicyclic) bond motifs is 1. The van der Waals surface area contributed by atoms with Crippen molar-refractivity contribution in [3.05, 3.63) is 101 Å². The maximum Gasteiger partial charge on any atom is 0.266 e. The first-order chi connectivity index (χ1) is 16.0. The average Bonchev–Trinajstić information content (AvgIpc) is 3.15. The standard InChI is InChI=1S/C26H19BrN4O2/c27-20-7-6-10-22(14-20)30-26(33)18(15-28)13-19-16-31(24-12-5-4-11-23(19)24)17-25(32)29-21-8-2-1-3-9-21/h1-14,16H,17H2,(H,29,32)(H,30,33)/b18-13+. The molecule has 0 atom stereocenters. The number of rotatable bonds is 6. The summed E-state index contributed by atoms with van der Waals surface area (Å²) in [5.74, 6) is -0.681. The number of nitriles is 1. The van der Waals surface area contributed by atoms with Crippen molar-refractivity contribution in [2.24, 2.45) is 0 Å². The maximum absolute atomic E-state index is 12.7. The predicted molar refractivity (Wildman–Crippen MR) is 133 cm³/mol. The number of benzene rings is 3. The fourth-order valence-electron chi connectivity index (χ4n) is 3.47. The van der Waals surface area contributed by atoms with E-state index in [0.29, 0.717) is 11.3 Å². The van der Waals surface area contributed by atoms with Gasteiger partial charge in [0.2, 0.25) is 5.91 Å². The first kappa shape index (κ1) is 22.1. The Morgan fingerprint density at radius 2 is 1.67 bits per heavy atom. The fraction of sp³-hybridized carbons (Fsp3) is 0.0385. The number of anilines is 2. The van der Waals surface area contributed by atoms with Crippen LogP contribution < -0.4 is 10.6 Å². The van der Waals surface area contributed by atoms with Gasteiger partial charge in [0.1, 0.15) is 18.2 Å². The third-order valence-electron chi connectivity index (χ3n) is 4.94. The number of halogens is 1. The Hall–Kier alpha value is -4.15. The van der Waals surface area contributed by atoms with Crippen LogP contribution in [0.4, 0.5) is 11.4 Å². The van der Waals surface area contributed by atoms with E-state index in [1.807, 2.05) is 66.7 Å². The van der Waals surface area contributed by atoms with Gasteiger partial charge in [-0.2, -0.15) is 5.26 Å². The van der Waals surface area contributed by atoms with Gasteiger partial charge in [-0.1, -0.05) is 58.4 Å². The fourth-order valence-corrected chi connectivity index (χ4v) is 3.87. The molecule has 0 unspecified atom stereocenters. The number of hydrogen-bond donors (Lipinski definition) is 2. The summed E-state index contributed by atoms with van der Waals surface area (Å²) in [6, 6.07) is 25.9. The molecule has 0 aliphatic carbocycles. The van der Waals surface area contributed by atoms with Gasteiger partial charge in [-0.15, -0.1) is 0 Å². The van der Waals surface area contributed by atoms with Crippen molar-refractivity contribution in [1.82, 2.24) is 4.57 Å². The molecule has 6 nitrogen and oxygen atoms in total. The van der Waals surface area contributed by atoms with Crippen molar-refractivity contribution in [2.45, 2.75) is 6.54 Å². The Kier molecular flexibility index (Phi) is 6.67. The minimum Gasteiger partial charge on any atom is -0.337 e. The maximum atomic E-state index is 12.7. The summed E-state index contributed by atoms with van der Waals surface area (Å²) in [7, 11) is 0. The van der Waals surface area contributed by atoms with Crippen LogP contribution in [0, 0.1) is 11.3 Å². The summed E-state index contributed by atoms with van der Waals surface area (Å²) in [5.41, 5.74) is 2.77. The lowest BCUT2D eigenvalue weighted by molar-refractivity contribution is -0.116. The highest BCUT2D eigenvalue weighted by Gasteiger charge is 2.14.